The molecule has 0 fully saturated rings. The molecule has 0 radical (unpaired) electrons. The van der Waals surface area contributed by atoms with Crippen molar-refractivity contribution in [3.05, 3.63) is 12.0 Å². The van der Waals surface area contributed by atoms with Crippen LogP contribution in [0.3, 0.4) is 0 Å². The van der Waals surface area contributed by atoms with E-state index in [-0.39, 0.29) is 16.4 Å². The van der Waals surface area contributed by atoms with Gasteiger partial charge in [-0.1, -0.05) is 34.6 Å². The number of rotatable bonds is 5. The minimum absolute atomic E-state index is 0.0352. The van der Waals surface area contributed by atoms with Crippen molar-refractivity contribution in [1.29, 1.82) is 0 Å². The van der Waals surface area contributed by atoms with E-state index in [1.54, 1.807) is 6.20 Å². The maximum Gasteiger partial charge on any atom is 0.257 e. The number of primary sulfonamides is 1. The molecule has 1 aromatic heterocycles. The number of sulfonamides is 1. The summed E-state index contributed by atoms with van der Waals surface area (Å²) in [5.74, 6) is 0.947. The molecule has 1 heterocycles. The first-order valence-electron chi connectivity index (χ1n) is 6.60. The van der Waals surface area contributed by atoms with Crippen LogP contribution >= 0.6 is 0 Å². The molecule has 0 saturated heterocycles. The predicted octanol–water partition coefficient (Wildman–Crippen LogP) is 2.48. The average Bonchev–Trinajstić information content (AvgIpc) is 2.59. The van der Waals surface area contributed by atoms with Gasteiger partial charge in [-0.3, -0.25) is 0 Å². The van der Waals surface area contributed by atoms with Crippen LogP contribution in [0, 0.1) is 5.41 Å². The maximum atomic E-state index is 11.4. The van der Waals surface area contributed by atoms with Crippen LogP contribution in [0.2, 0.25) is 0 Å². The van der Waals surface area contributed by atoms with Crippen LogP contribution in [-0.2, 0) is 16.6 Å². The molecular weight excluding hydrogens is 262 g/mol. The molecule has 0 aromatic carbocycles. The molecule has 0 bridgehead atoms. The Hall–Kier alpha value is -0.880. The lowest BCUT2D eigenvalue weighted by molar-refractivity contribution is 0.351. The van der Waals surface area contributed by atoms with E-state index in [0.29, 0.717) is 0 Å². The Kier molecular flexibility index (Phi) is 4.79. The highest BCUT2D eigenvalue weighted by atomic mass is 32.2. The summed E-state index contributed by atoms with van der Waals surface area (Å²) in [7, 11) is -3.72. The van der Waals surface area contributed by atoms with E-state index in [2.05, 4.69) is 25.8 Å². The molecule has 0 spiro atoms. The summed E-state index contributed by atoms with van der Waals surface area (Å²) in [6.07, 6.45) is 3.62. The molecule has 5 nitrogen and oxygen atoms in total. The van der Waals surface area contributed by atoms with Crippen LogP contribution in [0.15, 0.2) is 11.2 Å². The molecule has 0 aliphatic carbocycles. The van der Waals surface area contributed by atoms with Crippen molar-refractivity contribution < 1.29 is 8.42 Å². The van der Waals surface area contributed by atoms with Gasteiger partial charge in [0.2, 0.25) is 0 Å². The highest BCUT2D eigenvalue weighted by molar-refractivity contribution is 7.89. The average molecular weight is 287 g/mol. The summed E-state index contributed by atoms with van der Waals surface area (Å²) in [4.78, 5) is 4.15. The second-order valence-electron chi connectivity index (χ2n) is 6.49. The van der Waals surface area contributed by atoms with Gasteiger partial charge in [-0.15, -0.1) is 0 Å². The Labute approximate surface area is 116 Å². The van der Waals surface area contributed by atoms with Crippen molar-refractivity contribution in [3.63, 3.8) is 0 Å². The molecule has 1 rings (SSSR count). The normalized spacial score (nSPS) is 13.2. The van der Waals surface area contributed by atoms with E-state index in [0.717, 1.165) is 25.2 Å². The van der Waals surface area contributed by atoms with E-state index < -0.39 is 10.0 Å². The van der Waals surface area contributed by atoms with Crippen molar-refractivity contribution in [2.45, 2.75) is 64.9 Å². The Bertz CT molecular complexity index is 525. The first kappa shape index (κ1) is 16.2. The number of hydrogen-bond acceptors (Lipinski definition) is 3. The number of imidazole rings is 1. The van der Waals surface area contributed by atoms with Gasteiger partial charge in [-0.2, -0.15) is 0 Å². The molecule has 0 aliphatic heterocycles. The van der Waals surface area contributed by atoms with Gasteiger partial charge in [0, 0.05) is 18.7 Å². The van der Waals surface area contributed by atoms with Gasteiger partial charge in [-0.05, 0) is 18.3 Å². The first-order valence-corrected chi connectivity index (χ1v) is 8.15. The summed E-state index contributed by atoms with van der Waals surface area (Å²) in [5, 5.41) is 5.10. The SMILES string of the molecule is CC(C)c1nc(S(N)(=O)=O)cn1CCCC(C)(C)C. The van der Waals surface area contributed by atoms with Crippen molar-refractivity contribution in [3.8, 4) is 0 Å². The second-order valence-corrected chi connectivity index (χ2v) is 8.00. The summed E-state index contributed by atoms with van der Waals surface area (Å²) in [6.45, 7) is 11.3. The molecule has 1 aromatic rings. The molecule has 2 N–H and O–H groups in total. The number of hydrogen-bond donors (Lipinski definition) is 1. The van der Waals surface area contributed by atoms with Crippen LogP contribution < -0.4 is 5.14 Å². The minimum Gasteiger partial charge on any atom is -0.333 e. The maximum absolute atomic E-state index is 11.4. The standard InChI is InChI=1S/C13H25N3O2S/c1-10(2)12-15-11(19(14,17)18)9-16(12)8-6-7-13(3,4)5/h9-10H,6-8H2,1-5H3,(H2,14,17,18). The van der Waals surface area contributed by atoms with Crippen LogP contribution in [0.5, 0.6) is 0 Å². The van der Waals surface area contributed by atoms with E-state index in [4.69, 9.17) is 5.14 Å². The lowest BCUT2D eigenvalue weighted by Crippen LogP contribution is -2.12. The fourth-order valence-corrected chi connectivity index (χ4v) is 2.46. The number of nitrogens with zero attached hydrogens (tertiary/aromatic N) is 2. The van der Waals surface area contributed by atoms with Gasteiger partial charge in [-0.25, -0.2) is 18.5 Å². The van der Waals surface area contributed by atoms with Crippen LogP contribution in [0.1, 0.15) is 59.2 Å². The monoisotopic (exact) mass is 287 g/mol. The molecule has 0 amide bonds. The van der Waals surface area contributed by atoms with E-state index in [9.17, 15) is 8.42 Å². The topological polar surface area (TPSA) is 78.0 Å². The number of nitrogens with two attached hydrogens (primary N) is 1. The molecule has 6 heteroatoms. The summed E-state index contributed by atoms with van der Waals surface area (Å²) in [5.41, 5.74) is 0.279. The molecule has 0 atom stereocenters. The second kappa shape index (κ2) is 5.63. The van der Waals surface area contributed by atoms with Crippen LogP contribution in [0.4, 0.5) is 0 Å². The zero-order valence-electron chi connectivity index (χ0n) is 12.5. The van der Waals surface area contributed by atoms with Crippen molar-refractivity contribution in [2.75, 3.05) is 0 Å². The fourth-order valence-electron chi connectivity index (χ4n) is 1.96. The molecule has 19 heavy (non-hydrogen) atoms. The minimum atomic E-state index is -3.72. The summed E-state index contributed by atoms with van der Waals surface area (Å²) in [6, 6.07) is 0. The van der Waals surface area contributed by atoms with Crippen molar-refractivity contribution in [1.82, 2.24) is 9.55 Å². The molecule has 110 valence electrons. The predicted molar refractivity (Wildman–Crippen MR) is 76.4 cm³/mol. The van der Waals surface area contributed by atoms with Gasteiger partial charge in [0.1, 0.15) is 5.82 Å². The van der Waals surface area contributed by atoms with Crippen molar-refractivity contribution >= 4 is 10.0 Å². The Morgan fingerprint density at radius 3 is 2.37 bits per heavy atom. The van der Waals surface area contributed by atoms with Gasteiger partial charge >= 0.3 is 0 Å². The lowest BCUT2D eigenvalue weighted by atomic mass is 9.90. The molecule has 0 saturated carbocycles. The highest BCUT2D eigenvalue weighted by Gasteiger charge is 2.18. The largest absolute Gasteiger partial charge is 0.333 e. The Morgan fingerprint density at radius 1 is 1.37 bits per heavy atom. The third kappa shape index (κ3) is 4.95. The van der Waals surface area contributed by atoms with Gasteiger partial charge < -0.3 is 4.57 Å². The van der Waals surface area contributed by atoms with E-state index in [1.165, 1.54) is 0 Å². The summed E-state index contributed by atoms with van der Waals surface area (Å²) >= 11 is 0. The zero-order chi connectivity index (χ0) is 14.8. The first-order chi connectivity index (χ1) is 8.50. The Balaban J connectivity index is 2.90. The highest BCUT2D eigenvalue weighted by Crippen LogP contribution is 2.22. The fraction of sp³-hybridized carbons (Fsp3) is 0.769. The van der Waals surface area contributed by atoms with E-state index in [1.807, 2.05) is 18.4 Å². The number of aryl methyl sites for hydroxylation is 1. The van der Waals surface area contributed by atoms with Gasteiger partial charge in [0.15, 0.2) is 5.03 Å². The molecule has 0 aliphatic rings. The quantitative estimate of drug-likeness (QED) is 0.903. The third-order valence-corrected chi connectivity index (χ3v) is 3.70. The van der Waals surface area contributed by atoms with Gasteiger partial charge in [0.05, 0.1) is 0 Å². The van der Waals surface area contributed by atoms with Crippen LogP contribution in [-0.4, -0.2) is 18.0 Å². The third-order valence-electron chi connectivity index (χ3n) is 2.92. The lowest BCUT2D eigenvalue weighted by Gasteiger charge is -2.18. The Morgan fingerprint density at radius 2 is 1.95 bits per heavy atom. The van der Waals surface area contributed by atoms with Crippen molar-refractivity contribution in [2.24, 2.45) is 10.6 Å². The van der Waals surface area contributed by atoms with Gasteiger partial charge in [0.25, 0.3) is 10.0 Å². The smallest absolute Gasteiger partial charge is 0.257 e. The van der Waals surface area contributed by atoms with Crippen LogP contribution in [0.25, 0.3) is 0 Å². The molecule has 0 unspecified atom stereocenters. The summed E-state index contributed by atoms with van der Waals surface area (Å²) < 4.78 is 24.6. The number of aromatic nitrogens is 2. The molecular formula is C13H25N3O2S. The zero-order valence-corrected chi connectivity index (χ0v) is 13.3. The van der Waals surface area contributed by atoms with E-state index >= 15 is 0 Å².